The molecule has 0 bridgehead atoms. The summed E-state index contributed by atoms with van der Waals surface area (Å²) in [4.78, 5) is 13.2. The first kappa shape index (κ1) is 17.9. The van der Waals surface area contributed by atoms with Gasteiger partial charge in [0.15, 0.2) is 6.04 Å². The van der Waals surface area contributed by atoms with Gasteiger partial charge in [0.05, 0.1) is 11.2 Å². The molecule has 7 heteroatoms. The van der Waals surface area contributed by atoms with Gasteiger partial charge in [0, 0.05) is 18.1 Å². The van der Waals surface area contributed by atoms with Gasteiger partial charge in [-0.15, -0.1) is 5.10 Å². The number of rotatable bonds is 6. The number of aromatic nitrogens is 5. The van der Waals surface area contributed by atoms with E-state index in [1.807, 2.05) is 48.5 Å². The third kappa shape index (κ3) is 3.51. The van der Waals surface area contributed by atoms with Gasteiger partial charge in [0.25, 0.3) is 5.91 Å². The smallest absolute Gasteiger partial charge is 0.253 e. The average molecular weight is 374 g/mol. The Balaban J connectivity index is 1.68. The van der Waals surface area contributed by atoms with E-state index in [0.717, 1.165) is 28.7 Å². The Morgan fingerprint density at radius 2 is 1.89 bits per heavy atom. The van der Waals surface area contributed by atoms with Crippen LogP contribution in [0.2, 0.25) is 0 Å². The van der Waals surface area contributed by atoms with Gasteiger partial charge < -0.3 is 9.88 Å². The maximum absolute atomic E-state index is 13.2. The van der Waals surface area contributed by atoms with E-state index in [0.29, 0.717) is 5.92 Å². The van der Waals surface area contributed by atoms with Crippen molar-refractivity contribution in [2.75, 3.05) is 5.32 Å². The predicted octanol–water partition coefficient (Wildman–Crippen LogP) is 3.51. The summed E-state index contributed by atoms with van der Waals surface area (Å²) in [5.74, 6) is 0.346. The second kappa shape index (κ2) is 7.64. The lowest BCUT2D eigenvalue weighted by molar-refractivity contribution is -0.118. The van der Waals surface area contributed by atoms with Gasteiger partial charge in [-0.05, 0) is 40.1 Å². The zero-order valence-corrected chi connectivity index (χ0v) is 15.9. The number of nitrogens with zero attached hydrogens (tertiary/aromatic N) is 5. The van der Waals surface area contributed by atoms with Crippen molar-refractivity contribution in [2.24, 2.45) is 5.92 Å². The lowest BCUT2D eigenvalue weighted by atomic mass is 10.1. The zero-order chi connectivity index (χ0) is 19.5. The van der Waals surface area contributed by atoms with Gasteiger partial charge >= 0.3 is 0 Å². The normalized spacial score (nSPS) is 12.4. The minimum absolute atomic E-state index is 0.192. The molecule has 1 amide bonds. The average Bonchev–Trinajstić information content (AvgIpc) is 3.34. The zero-order valence-electron chi connectivity index (χ0n) is 15.9. The van der Waals surface area contributed by atoms with Crippen molar-refractivity contribution < 1.29 is 4.79 Å². The SMILES string of the molecule is CC(C)Cn1ccc2c(NC(=O)[C@@H](c3ccccc3)n3cnnn3)cccc21. The van der Waals surface area contributed by atoms with Crippen LogP contribution in [0.15, 0.2) is 67.1 Å². The molecule has 0 aliphatic carbocycles. The molecule has 4 rings (SSSR count). The van der Waals surface area contributed by atoms with Crippen molar-refractivity contribution in [2.45, 2.75) is 26.4 Å². The van der Waals surface area contributed by atoms with E-state index in [4.69, 9.17) is 0 Å². The van der Waals surface area contributed by atoms with Gasteiger partial charge in [0.1, 0.15) is 6.33 Å². The van der Waals surface area contributed by atoms with Crippen molar-refractivity contribution in [3.8, 4) is 0 Å². The number of fused-ring (bicyclic) bond motifs is 1. The van der Waals surface area contributed by atoms with Crippen LogP contribution >= 0.6 is 0 Å². The van der Waals surface area contributed by atoms with E-state index in [9.17, 15) is 4.79 Å². The van der Waals surface area contributed by atoms with Crippen molar-refractivity contribution in [3.63, 3.8) is 0 Å². The lowest BCUT2D eigenvalue weighted by Crippen LogP contribution is -2.27. The Labute approximate surface area is 163 Å². The Kier molecular flexibility index (Phi) is 4.89. The molecule has 2 aromatic carbocycles. The van der Waals surface area contributed by atoms with Crippen LogP contribution < -0.4 is 5.32 Å². The third-order valence-corrected chi connectivity index (χ3v) is 4.63. The summed E-state index contributed by atoms with van der Waals surface area (Å²) in [7, 11) is 0. The summed E-state index contributed by atoms with van der Waals surface area (Å²) in [5.41, 5.74) is 2.70. The minimum Gasteiger partial charge on any atom is -0.347 e. The van der Waals surface area contributed by atoms with Gasteiger partial charge in [0.2, 0.25) is 0 Å². The first-order chi connectivity index (χ1) is 13.6. The number of carbonyl (C=O) groups is 1. The molecule has 2 heterocycles. The van der Waals surface area contributed by atoms with E-state index in [1.54, 1.807) is 0 Å². The summed E-state index contributed by atoms with van der Waals surface area (Å²) >= 11 is 0. The first-order valence-corrected chi connectivity index (χ1v) is 9.29. The van der Waals surface area contributed by atoms with Crippen LogP contribution in [0.4, 0.5) is 5.69 Å². The molecule has 142 valence electrons. The van der Waals surface area contributed by atoms with Crippen LogP contribution in [0.3, 0.4) is 0 Å². The molecular formula is C21H22N6O. The Hall–Kier alpha value is -3.48. The van der Waals surface area contributed by atoms with Crippen molar-refractivity contribution >= 4 is 22.5 Å². The predicted molar refractivity (Wildman–Crippen MR) is 108 cm³/mol. The highest BCUT2D eigenvalue weighted by Crippen LogP contribution is 2.27. The van der Waals surface area contributed by atoms with Crippen LogP contribution in [-0.4, -0.2) is 30.7 Å². The highest BCUT2D eigenvalue weighted by atomic mass is 16.2. The first-order valence-electron chi connectivity index (χ1n) is 9.29. The molecule has 4 aromatic rings. The van der Waals surface area contributed by atoms with Crippen LogP contribution in [0.5, 0.6) is 0 Å². The molecule has 0 saturated heterocycles. The van der Waals surface area contributed by atoms with E-state index in [-0.39, 0.29) is 5.91 Å². The highest BCUT2D eigenvalue weighted by molar-refractivity contribution is 6.03. The standard InChI is InChI=1S/C21H22N6O/c1-15(2)13-26-12-11-17-18(9-6-10-19(17)26)23-21(28)20(27-14-22-24-25-27)16-7-4-3-5-8-16/h3-12,14-15,20H,13H2,1-2H3,(H,23,28)/t20-/m1/s1. The van der Waals surface area contributed by atoms with E-state index in [2.05, 4.69) is 51.5 Å². The molecule has 2 aromatic heterocycles. The second-order valence-corrected chi connectivity index (χ2v) is 7.19. The fourth-order valence-electron chi connectivity index (χ4n) is 3.43. The van der Waals surface area contributed by atoms with Crippen molar-refractivity contribution in [3.05, 3.63) is 72.7 Å². The highest BCUT2D eigenvalue weighted by Gasteiger charge is 2.24. The van der Waals surface area contributed by atoms with Gasteiger partial charge in [-0.1, -0.05) is 50.2 Å². The number of hydrogen-bond donors (Lipinski definition) is 1. The topological polar surface area (TPSA) is 77.6 Å². The summed E-state index contributed by atoms with van der Waals surface area (Å²) in [6, 6.07) is 16.8. The Morgan fingerprint density at radius 1 is 1.07 bits per heavy atom. The molecule has 0 spiro atoms. The largest absolute Gasteiger partial charge is 0.347 e. The molecule has 28 heavy (non-hydrogen) atoms. The van der Waals surface area contributed by atoms with Gasteiger partial charge in [-0.3, -0.25) is 4.79 Å². The number of carbonyl (C=O) groups excluding carboxylic acids is 1. The second-order valence-electron chi connectivity index (χ2n) is 7.19. The molecule has 1 N–H and O–H groups in total. The number of anilines is 1. The maximum atomic E-state index is 13.2. The number of hydrogen-bond acceptors (Lipinski definition) is 4. The fraction of sp³-hybridized carbons (Fsp3) is 0.238. The third-order valence-electron chi connectivity index (χ3n) is 4.63. The maximum Gasteiger partial charge on any atom is 0.253 e. The molecule has 0 fully saturated rings. The monoisotopic (exact) mass is 374 g/mol. The minimum atomic E-state index is -0.649. The summed E-state index contributed by atoms with van der Waals surface area (Å²) in [6.07, 6.45) is 3.52. The molecule has 0 aliphatic heterocycles. The number of nitrogens with one attached hydrogen (secondary N) is 1. The molecule has 1 atom stereocenters. The molecular weight excluding hydrogens is 352 g/mol. The fourth-order valence-corrected chi connectivity index (χ4v) is 3.43. The number of benzene rings is 2. The van der Waals surface area contributed by atoms with Gasteiger partial charge in [-0.25, -0.2) is 4.68 Å². The van der Waals surface area contributed by atoms with Crippen LogP contribution in [0, 0.1) is 5.92 Å². The Bertz CT molecular complexity index is 1070. The molecule has 0 unspecified atom stereocenters. The lowest BCUT2D eigenvalue weighted by Gasteiger charge is -2.17. The molecule has 0 radical (unpaired) electrons. The van der Waals surface area contributed by atoms with E-state index in [1.165, 1.54) is 11.0 Å². The van der Waals surface area contributed by atoms with E-state index >= 15 is 0 Å². The Morgan fingerprint density at radius 3 is 2.61 bits per heavy atom. The summed E-state index contributed by atoms with van der Waals surface area (Å²) in [5, 5.41) is 15.4. The number of tetrazole rings is 1. The van der Waals surface area contributed by atoms with Crippen molar-refractivity contribution in [1.82, 2.24) is 24.8 Å². The summed E-state index contributed by atoms with van der Waals surface area (Å²) < 4.78 is 3.68. The van der Waals surface area contributed by atoms with Crippen molar-refractivity contribution in [1.29, 1.82) is 0 Å². The van der Waals surface area contributed by atoms with Crippen LogP contribution in [-0.2, 0) is 11.3 Å². The molecule has 0 aliphatic rings. The summed E-state index contributed by atoms with van der Waals surface area (Å²) in [6.45, 7) is 5.31. The number of amides is 1. The molecule has 0 saturated carbocycles. The van der Waals surface area contributed by atoms with Crippen LogP contribution in [0.25, 0.3) is 10.9 Å². The quantitative estimate of drug-likeness (QED) is 0.560. The van der Waals surface area contributed by atoms with Crippen LogP contribution in [0.1, 0.15) is 25.5 Å². The van der Waals surface area contributed by atoms with Gasteiger partial charge in [-0.2, -0.15) is 0 Å². The molecule has 7 nitrogen and oxygen atoms in total. The van der Waals surface area contributed by atoms with E-state index < -0.39 is 6.04 Å².